The molecule has 1 aliphatic rings. The van der Waals surface area contributed by atoms with Gasteiger partial charge in [-0.25, -0.2) is 9.59 Å². The zero-order chi connectivity index (χ0) is 22.4. The number of hydrogen-bond acceptors (Lipinski definition) is 4. The predicted molar refractivity (Wildman–Crippen MR) is 119 cm³/mol. The fourth-order valence-electron chi connectivity index (χ4n) is 3.87. The third-order valence-electron chi connectivity index (χ3n) is 5.36. The maximum atomic E-state index is 12.3. The molecule has 31 heavy (non-hydrogen) atoms. The molecule has 166 valence electrons. The Bertz CT molecular complexity index is 873. The topological polar surface area (TPSA) is 84.9 Å². The number of hydrogen-bond donors (Lipinski definition) is 2. The summed E-state index contributed by atoms with van der Waals surface area (Å²) in [4.78, 5) is 23.9. The number of carbonyl (C=O) groups excluding carboxylic acids is 1. The Morgan fingerprint density at radius 3 is 2.13 bits per heavy atom. The molecular formula is C25H31NO5. The molecule has 2 N–H and O–H groups in total. The molecule has 1 amide bonds. The number of amides is 1. The summed E-state index contributed by atoms with van der Waals surface area (Å²) < 4.78 is 11.1. The zero-order valence-corrected chi connectivity index (χ0v) is 18.4. The number of alkyl carbamates (subject to hydrolysis) is 1. The first-order valence-electron chi connectivity index (χ1n) is 10.7. The normalized spacial score (nSPS) is 13.9. The Morgan fingerprint density at radius 1 is 1.00 bits per heavy atom. The number of rotatable bonds is 9. The molecule has 6 heteroatoms. The molecule has 0 spiro atoms. The zero-order valence-electron chi connectivity index (χ0n) is 18.4. The van der Waals surface area contributed by atoms with Crippen molar-refractivity contribution in [1.29, 1.82) is 0 Å². The predicted octanol–water partition coefficient (Wildman–Crippen LogP) is 4.96. The monoisotopic (exact) mass is 425 g/mol. The summed E-state index contributed by atoms with van der Waals surface area (Å²) in [6.45, 7) is 6.65. The molecule has 0 saturated carbocycles. The quantitative estimate of drug-likeness (QED) is 0.555. The smallest absolute Gasteiger partial charge is 0.407 e. The van der Waals surface area contributed by atoms with Crippen LogP contribution in [-0.4, -0.2) is 42.0 Å². The van der Waals surface area contributed by atoms with Gasteiger partial charge in [-0.2, -0.15) is 0 Å². The van der Waals surface area contributed by atoms with Crippen LogP contribution in [0.15, 0.2) is 48.5 Å². The fraction of sp³-hybridized carbons (Fsp3) is 0.440. The van der Waals surface area contributed by atoms with E-state index in [1.54, 1.807) is 0 Å². The van der Waals surface area contributed by atoms with Crippen LogP contribution >= 0.6 is 0 Å². The Labute approximate surface area is 183 Å². The van der Waals surface area contributed by atoms with Gasteiger partial charge in [0.25, 0.3) is 0 Å². The SMILES string of the molecule is CC(C)(C)OCCCCC(NC(=O)OCC1c2ccccc2-c2ccccc21)C(=O)O. The molecule has 0 fully saturated rings. The average molecular weight is 426 g/mol. The number of nitrogens with one attached hydrogen (secondary N) is 1. The fourth-order valence-corrected chi connectivity index (χ4v) is 3.87. The van der Waals surface area contributed by atoms with E-state index < -0.39 is 18.1 Å². The number of ether oxygens (including phenoxy) is 2. The van der Waals surface area contributed by atoms with E-state index in [0.717, 1.165) is 28.7 Å². The molecule has 1 unspecified atom stereocenters. The van der Waals surface area contributed by atoms with Gasteiger partial charge >= 0.3 is 12.1 Å². The molecule has 0 bridgehead atoms. The van der Waals surface area contributed by atoms with E-state index in [9.17, 15) is 14.7 Å². The summed E-state index contributed by atoms with van der Waals surface area (Å²) in [6, 6.07) is 15.2. The van der Waals surface area contributed by atoms with Crippen LogP contribution in [0.4, 0.5) is 4.79 Å². The van der Waals surface area contributed by atoms with Crippen LogP contribution in [0, 0.1) is 0 Å². The molecule has 6 nitrogen and oxygen atoms in total. The summed E-state index contributed by atoms with van der Waals surface area (Å²) in [7, 11) is 0. The van der Waals surface area contributed by atoms with Gasteiger partial charge in [0.1, 0.15) is 12.6 Å². The van der Waals surface area contributed by atoms with E-state index >= 15 is 0 Å². The molecule has 3 rings (SSSR count). The van der Waals surface area contributed by atoms with Gasteiger partial charge in [0, 0.05) is 12.5 Å². The van der Waals surface area contributed by atoms with Crippen molar-refractivity contribution in [2.24, 2.45) is 0 Å². The first-order chi connectivity index (χ1) is 14.8. The van der Waals surface area contributed by atoms with Gasteiger partial charge in [0.2, 0.25) is 0 Å². The summed E-state index contributed by atoms with van der Waals surface area (Å²) >= 11 is 0. The van der Waals surface area contributed by atoms with Crippen LogP contribution in [0.1, 0.15) is 57.1 Å². The lowest BCUT2D eigenvalue weighted by molar-refractivity contribution is -0.139. The second-order valence-electron chi connectivity index (χ2n) is 8.82. The van der Waals surface area contributed by atoms with Gasteiger partial charge in [0.15, 0.2) is 0 Å². The lowest BCUT2D eigenvalue weighted by Crippen LogP contribution is -2.41. The highest BCUT2D eigenvalue weighted by molar-refractivity contribution is 5.81. The number of fused-ring (bicyclic) bond motifs is 3. The average Bonchev–Trinajstić information content (AvgIpc) is 3.04. The Hall–Kier alpha value is -2.86. The third-order valence-corrected chi connectivity index (χ3v) is 5.36. The van der Waals surface area contributed by atoms with Gasteiger partial charge in [0.05, 0.1) is 5.60 Å². The van der Waals surface area contributed by atoms with Gasteiger partial charge in [-0.1, -0.05) is 48.5 Å². The molecule has 2 aromatic carbocycles. The molecule has 0 aliphatic heterocycles. The Balaban J connectivity index is 1.52. The molecule has 0 aromatic heterocycles. The van der Waals surface area contributed by atoms with Gasteiger partial charge in [-0.05, 0) is 62.3 Å². The van der Waals surface area contributed by atoms with Crippen LogP contribution < -0.4 is 5.32 Å². The summed E-state index contributed by atoms with van der Waals surface area (Å²) in [5.74, 6) is -1.12. The third kappa shape index (κ3) is 6.07. The van der Waals surface area contributed by atoms with Crippen molar-refractivity contribution in [2.75, 3.05) is 13.2 Å². The molecular weight excluding hydrogens is 394 g/mol. The van der Waals surface area contributed by atoms with E-state index in [1.807, 2.05) is 57.2 Å². The first-order valence-corrected chi connectivity index (χ1v) is 10.7. The van der Waals surface area contributed by atoms with Gasteiger partial charge < -0.3 is 19.9 Å². The lowest BCUT2D eigenvalue weighted by atomic mass is 9.98. The van der Waals surface area contributed by atoms with Crippen LogP contribution in [0.2, 0.25) is 0 Å². The van der Waals surface area contributed by atoms with Crippen LogP contribution in [0.25, 0.3) is 11.1 Å². The van der Waals surface area contributed by atoms with E-state index in [4.69, 9.17) is 9.47 Å². The molecule has 0 saturated heterocycles. The minimum Gasteiger partial charge on any atom is -0.480 e. The molecule has 0 heterocycles. The Morgan fingerprint density at radius 2 is 1.58 bits per heavy atom. The summed E-state index contributed by atoms with van der Waals surface area (Å²) in [5.41, 5.74) is 4.31. The van der Waals surface area contributed by atoms with E-state index in [0.29, 0.717) is 19.4 Å². The van der Waals surface area contributed by atoms with E-state index in [-0.39, 0.29) is 18.1 Å². The standard InChI is InChI=1S/C25H31NO5/c1-25(2,3)31-15-9-8-14-22(23(27)28)26-24(29)30-16-21-19-12-6-4-10-17(19)18-11-5-7-13-20(18)21/h4-7,10-13,21-22H,8-9,14-16H2,1-3H3,(H,26,29)(H,27,28). The Kier molecular flexibility index (Phi) is 7.33. The number of aliphatic carboxylic acids is 1. The number of benzene rings is 2. The second-order valence-corrected chi connectivity index (χ2v) is 8.82. The van der Waals surface area contributed by atoms with Crippen molar-refractivity contribution >= 4 is 12.1 Å². The molecule has 1 atom stereocenters. The number of carboxylic acid groups (broad SMARTS) is 1. The van der Waals surface area contributed by atoms with Crippen molar-refractivity contribution < 1.29 is 24.2 Å². The van der Waals surface area contributed by atoms with Gasteiger partial charge in [-0.3, -0.25) is 0 Å². The maximum Gasteiger partial charge on any atom is 0.407 e. The molecule has 1 aliphatic carbocycles. The lowest BCUT2D eigenvalue weighted by Gasteiger charge is -2.20. The van der Waals surface area contributed by atoms with Crippen LogP contribution in [0.5, 0.6) is 0 Å². The van der Waals surface area contributed by atoms with Crippen molar-refractivity contribution in [2.45, 2.75) is 57.6 Å². The van der Waals surface area contributed by atoms with Gasteiger partial charge in [-0.15, -0.1) is 0 Å². The molecule has 0 radical (unpaired) electrons. The first kappa shape index (κ1) is 22.8. The summed E-state index contributed by atoms with van der Waals surface area (Å²) in [6.07, 6.45) is 0.983. The highest BCUT2D eigenvalue weighted by Crippen LogP contribution is 2.44. The minimum absolute atomic E-state index is 0.0593. The minimum atomic E-state index is -1.06. The highest BCUT2D eigenvalue weighted by atomic mass is 16.5. The van der Waals surface area contributed by atoms with Crippen LogP contribution in [-0.2, 0) is 14.3 Å². The van der Waals surface area contributed by atoms with Crippen molar-refractivity contribution in [3.63, 3.8) is 0 Å². The second kappa shape index (κ2) is 9.96. The van der Waals surface area contributed by atoms with Crippen molar-refractivity contribution in [1.82, 2.24) is 5.32 Å². The van der Waals surface area contributed by atoms with Crippen molar-refractivity contribution in [3.8, 4) is 11.1 Å². The highest BCUT2D eigenvalue weighted by Gasteiger charge is 2.29. The summed E-state index contributed by atoms with van der Waals surface area (Å²) in [5, 5.41) is 11.9. The van der Waals surface area contributed by atoms with E-state index in [1.165, 1.54) is 0 Å². The van der Waals surface area contributed by atoms with Crippen molar-refractivity contribution in [3.05, 3.63) is 59.7 Å². The number of carbonyl (C=O) groups is 2. The van der Waals surface area contributed by atoms with Crippen LogP contribution in [0.3, 0.4) is 0 Å². The number of carboxylic acids is 1. The molecule has 2 aromatic rings. The number of unbranched alkanes of at least 4 members (excludes halogenated alkanes) is 1. The van der Waals surface area contributed by atoms with E-state index in [2.05, 4.69) is 17.4 Å². The maximum absolute atomic E-state index is 12.3. The largest absolute Gasteiger partial charge is 0.480 e.